The van der Waals surface area contributed by atoms with Gasteiger partial charge in [-0.05, 0) is 64.3 Å². The van der Waals surface area contributed by atoms with Crippen molar-refractivity contribution < 1.29 is 9.47 Å². The number of imidazole rings is 1. The van der Waals surface area contributed by atoms with Gasteiger partial charge in [0.25, 0.3) is 0 Å². The fraction of sp³-hybridized carbons (Fsp3) is 0.591. The summed E-state index contributed by atoms with van der Waals surface area (Å²) in [7, 11) is 3.36. The first-order valence-electron chi connectivity index (χ1n) is 10.0. The smallest absolute Gasteiger partial charge is 0.171 e. The van der Waals surface area contributed by atoms with Gasteiger partial charge in [0.05, 0.1) is 19.8 Å². The first-order chi connectivity index (χ1) is 13.0. The number of likely N-dealkylation sites (tertiary alicyclic amines) is 1. The van der Waals surface area contributed by atoms with E-state index in [1.165, 1.54) is 25.8 Å². The minimum absolute atomic E-state index is 0.610. The summed E-state index contributed by atoms with van der Waals surface area (Å²) in [4.78, 5) is 7.31. The lowest BCUT2D eigenvalue weighted by Crippen LogP contribution is -2.44. The minimum atomic E-state index is 0.610. The van der Waals surface area contributed by atoms with E-state index in [1.807, 2.05) is 12.3 Å². The maximum absolute atomic E-state index is 5.66. The normalized spacial score (nSPS) is 18.1. The minimum Gasteiger partial charge on any atom is -0.493 e. The van der Waals surface area contributed by atoms with Gasteiger partial charge in [-0.15, -0.1) is 0 Å². The van der Waals surface area contributed by atoms with Crippen molar-refractivity contribution in [2.75, 3.05) is 20.8 Å². The lowest BCUT2D eigenvalue weighted by Gasteiger charge is -2.38. The molecule has 0 spiro atoms. The molecular formula is C22H33N3O2. The van der Waals surface area contributed by atoms with E-state index in [0.29, 0.717) is 12.1 Å². The van der Waals surface area contributed by atoms with Crippen LogP contribution in [0.1, 0.15) is 45.1 Å². The second-order valence-electron chi connectivity index (χ2n) is 7.76. The molecule has 0 bridgehead atoms. The van der Waals surface area contributed by atoms with Crippen LogP contribution in [0.4, 0.5) is 0 Å². The molecule has 1 aromatic carbocycles. The topological polar surface area (TPSA) is 39.5 Å². The van der Waals surface area contributed by atoms with Gasteiger partial charge in [-0.25, -0.2) is 4.98 Å². The van der Waals surface area contributed by atoms with Gasteiger partial charge in [0.15, 0.2) is 11.5 Å². The number of hydrogen-bond acceptors (Lipinski definition) is 4. The zero-order valence-electron chi connectivity index (χ0n) is 17.4. The van der Waals surface area contributed by atoms with E-state index in [0.717, 1.165) is 41.4 Å². The molecule has 148 valence electrons. The van der Waals surface area contributed by atoms with Crippen molar-refractivity contribution in [1.82, 2.24) is 14.5 Å². The van der Waals surface area contributed by atoms with E-state index in [-0.39, 0.29) is 0 Å². The molecule has 27 heavy (non-hydrogen) atoms. The van der Waals surface area contributed by atoms with E-state index in [9.17, 15) is 0 Å². The number of piperidine rings is 1. The molecular weight excluding hydrogens is 338 g/mol. The van der Waals surface area contributed by atoms with Crippen LogP contribution in [-0.4, -0.2) is 47.3 Å². The van der Waals surface area contributed by atoms with Gasteiger partial charge >= 0.3 is 0 Å². The summed E-state index contributed by atoms with van der Waals surface area (Å²) in [5.74, 6) is 2.44. The Balaban J connectivity index is 1.84. The third-order valence-electron chi connectivity index (χ3n) is 5.62. The molecule has 1 aromatic heterocycles. The summed E-state index contributed by atoms with van der Waals surface area (Å²) in [5, 5.41) is 0. The van der Waals surface area contributed by atoms with Crippen LogP contribution in [-0.2, 0) is 6.54 Å². The Morgan fingerprint density at radius 1 is 1.19 bits per heavy atom. The second kappa shape index (κ2) is 8.79. The fourth-order valence-corrected chi connectivity index (χ4v) is 4.30. The van der Waals surface area contributed by atoms with Crippen LogP contribution in [0.25, 0.3) is 11.4 Å². The average molecular weight is 372 g/mol. The Labute approximate surface area is 163 Å². The SMILES string of the molecule is COc1cc(C)cc(-c2nccn2CCC2CCCCN2C(C)C)c1OC. The fourth-order valence-electron chi connectivity index (χ4n) is 4.30. The molecule has 0 amide bonds. The molecule has 0 radical (unpaired) electrons. The molecule has 1 aliphatic rings. The van der Waals surface area contributed by atoms with Crippen molar-refractivity contribution in [3.05, 3.63) is 30.1 Å². The highest BCUT2D eigenvalue weighted by Gasteiger charge is 2.25. The number of aryl methyl sites for hydroxylation is 2. The number of methoxy groups -OCH3 is 2. The summed E-state index contributed by atoms with van der Waals surface area (Å²) >= 11 is 0. The van der Waals surface area contributed by atoms with Crippen LogP contribution in [0, 0.1) is 6.92 Å². The van der Waals surface area contributed by atoms with Crippen molar-refractivity contribution in [3.8, 4) is 22.9 Å². The van der Waals surface area contributed by atoms with Crippen molar-refractivity contribution >= 4 is 0 Å². The molecule has 0 N–H and O–H groups in total. The van der Waals surface area contributed by atoms with Gasteiger partial charge < -0.3 is 14.0 Å². The first kappa shape index (κ1) is 19.7. The first-order valence-corrected chi connectivity index (χ1v) is 10.0. The molecule has 2 aromatic rings. The van der Waals surface area contributed by atoms with Gasteiger partial charge in [-0.2, -0.15) is 0 Å². The van der Waals surface area contributed by atoms with Crippen LogP contribution in [0.5, 0.6) is 11.5 Å². The molecule has 5 nitrogen and oxygen atoms in total. The third-order valence-corrected chi connectivity index (χ3v) is 5.62. The molecule has 3 rings (SSSR count). The summed E-state index contributed by atoms with van der Waals surface area (Å²) in [6.07, 6.45) is 9.06. The summed E-state index contributed by atoms with van der Waals surface area (Å²) in [6.45, 7) is 8.88. The Hall–Kier alpha value is -2.01. The van der Waals surface area contributed by atoms with Crippen LogP contribution in [0.15, 0.2) is 24.5 Å². The monoisotopic (exact) mass is 371 g/mol. The number of ether oxygens (including phenoxy) is 2. The van der Waals surface area contributed by atoms with Gasteiger partial charge in [0.1, 0.15) is 5.82 Å². The Kier molecular flexibility index (Phi) is 6.42. The maximum atomic E-state index is 5.66. The van der Waals surface area contributed by atoms with E-state index < -0.39 is 0 Å². The molecule has 1 fully saturated rings. The van der Waals surface area contributed by atoms with Crippen molar-refractivity contribution in [1.29, 1.82) is 0 Å². The standard InChI is InChI=1S/C22H33N3O2/c1-16(2)25-11-7-6-8-18(25)9-12-24-13-10-23-22(24)19-14-17(3)15-20(26-4)21(19)27-5/h10,13-16,18H,6-9,11-12H2,1-5H3. The molecule has 0 saturated carbocycles. The zero-order valence-corrected chi connectivity index (χ0v) is 17.4. The predicted molar refractivity (Wildman–Crippen MR) is 110 cm³/mol. The molecule has 1 saturated heterocycles. The predicted octanol–water partition coefficient (Wildman–Crippen LogP) is 4.53. The van der Waals surface area contributed by atoms with Crippen molar-refractivity contribution in [2.45, 2.75) is 65.1 Å². The van der Waals surface area contributed by atoms with E-state index in [4.69, 9.17) is 9.47 Å². The number of aromatic nitrogens is 2. The van der Waals surface area contributed by atoms with Gasteiger partial charge in [0.2, 0.25) is 0 Å². The van der Waals surface area contributed by atoms with Crippen LogP contribution in [0.2, 0.25) is 0 Å². The number of hydrogen-bond donors (Lipinski definition) is 0. The summed E-state index contributed by atoms with van der Waals surface area (Å²) < 4.78 is 13.4. The molecule has 5 heteroatoms. The van der Waals surface area contributed by atoms with Crippen LogP contribution in [0.3, 0.4) is 0 Å². The molecule has 2 heterocycles. The maximum Gasteiger partial charge on any atom is 0.171 e. The molecule has 1 unspecified atom stereocenters. The Morgan fingerprint density at radius 3 is 2.70 bits per heavy atom. The zero-order chi connectivity index (χ0) is 19.4. The summed E-state index contributed by atoms with van der Waals surface area (Å²) in [6, 6.07) is 5.39. The lowest BCUT2D eigenvalue weighted by molar-refractivity contribution is 0.102. The average Bonchev–Trinajstić information content (AvgIpc) is 3.14. The van der Waals surface area contributed by atoms with Gasteiger partial charge in [-0.3, -0.25) is 4.90 Å². The molecule has 1 aliphatic heterocycles. The quantitative estimate of drug-likeness (QED) is 0.717. The van der Waals surface area contributed by atoms with Crippen LogP contribution >= 0.6 is 0 Å². The highest BCUT2D eigenvalue weighted by Crippen LogP contribution is 2.38. The highest BCUT2D eigenvalue weighted by atomic mass is 16.5. The van der Waals surface area contributed by atoms with Gasteiger partial charge in [-0.1, -0.05) is 6.42 Å². The van der Waals surface area contributed by atoms with E-state index >= 15 is 0 Å². The largest absolute Gasteiger partial charge is 0.493 e. The molecule has 0 aliphatic carbocycles. The summed E-state index contributed by atoms with van der Waals surface area (Å²) in [5.41, 5.74) is 2.12. The Bertz CT molecular complexity index is 754. The van der Waals surface area contributed by atoms with Crippen molar-refractivity contribution in [2.24, 2.45) is 0 Å². The number of rotatable bonds is 7. The highest BCUT2D eigenvalue weighted by molar-refractivity contribution is 5.70. The lowest BCUT2D eigenvalue weighted by atomic mass is 9.97. The van der Waals surface area contributed by atoms with Gasteiger partial charge in [0, 0.05) is 31.0 Å². The van der Waals surface area contributed by atoms with Crippen LogP contribution < -0.4 is 9.47 Å². The van der Waals surface area contributed by atoms with E-state index in [1.54, 1.807) is 14.2 Å². The molecule has 1 atom stereocenters. The third kappa shape index (κ3) is 4.29. The second-order valence-corrected chi connectivity index (χ2v) is 7.76. The Morgan fingerprint density at radius 2 is 2.00 bits per heavy atom. The number of benzene rings is 1. The van der Waals surface area contributed by atoms with Crippen molar-refractivity contribution in [3.63, 3.8) is 0 Å². The number of nitrogens with zero attached hydrogens (tertiary/aromatic N) is 3. The van der Waals surface area contributed by atoms with E-state index in [2.05, 4.69) is 47.5 Å².